The van der Waals surface area contributed by atoms with Gasteiger partial charge in [0.1, 0.15) is 0 Å². The molecule has 0 heterocycles. The topological polar surface area (TPSA) is 58.2 Å². The maximum absolute atomic E-state index is 12.4. The lowest BCUT2D eigenvalue weighted by Crippen LogP contribution is -2.25. The van der Waals surface area contributed by atoms with Crippen LogP contribution in [0.5, 0.6) is 0 Å². The second-order valence-corrected chi connectivity index (χ2v) is 6.52. The summed E-state index contributed by atoms with van der Waals surface area (Å²) in [6.45, 7) is 6.95. The van der Waals surface area contributed by atoms with Gasteiger partial charge < -0.3 is 10.6 Å². The number of nitrogens with one attached hydrogen (secondary N) is 2. The predicted octanol–water partition coefficient (Wildman–Crippen LogP) is 4.28. The molecule has 0 spiro atoms. The minimum absolute atomic E-state index is 0.150. The fraction of sp³-hybridized carbons (Fsp3) is 0.333. The summed E-state index contributed by atoms with van der Waals surface area (Å²) in [4.78, 5) is 24.6. The van der Waals surface area contributed by atoms with Gasteiger partial charge in [-0.15, -0.1) is 0 Å². The van der Waals surface area contributed by atoms with Crippen LogP contribution in [0.4, 0.5) is 5.69 Å². The highest BCUT2D eigenvalue weighted by Gasteiger charge is 2.11. The van der Waals surface area contributed by atoms with Crippen LogP contribution in [0.1, 0.15) is 53.5 Å². The maximum Gasteiger partial charge on any atom is 0.255 e. The summed E-state index contributed by atoms with van der Waals surface area (Å²) in [6.07, 6.45) is 1.89. The van der Waals surface area contributed by atoms with E-state index in [1.807, 2.05) is 24.3 Å². The van der Waals surface area contributed by atoms with Gasteiger partial charge in [-0.25, -0.2) is 0 Å². The second-order valence-electron chi connectivity index (χ2n) is 6.52. The average molecular weight is 338 g/mol. The highest BCUT2D eigenvalue weighted by Crippen LogP contribution is 2.13. The molecule has 0 aromatic heterocycles. The zero-order valence-corrected chi connectivity index (χ0v) is 15.1. The van der Waals surface area contributed by atoms with E-state index >= 15 is 0 Å². The third kappa shape index (κ3) is 5.75. The molecular formula is C21H26N2O2. The van der Waals surface area contributed by atoms with Gasteiger partial charge in [0.05, 0.1) is 0 Å². The van der Waals surface area contributed by atoms with Crippen LogP contribution >= 0.6 is 0 Å². The molecule has 0 saturated heterocycles. The van der Waals surface area contributed by atoms with E-state index in [2.05, 4.69) is 31.4 Å². The van der Waals surface area contributed by atoms with E-state index in [4.69, 9.17) is 0 Å². The van der Waals surface area contributed by atoms with E-state index in [-0.39, 0.29) is 11.8 Å². The lowest BCUT2D eigenvalue weighted by Gasteiger charge is -2.09. The lowest BCUT2D eigenvalue weighted by molar-refractivity contribution is 0.0952. The van der Waals surface area contributed by atoms with Crippen molar-refractivity contribution in [1.82, 2.24) is 5.32 Å². The van der Waals surface area contributed by atoms with Crippen LogP contribution in [0.15, 0.2) is 48.5 Å². The van der Waals surface area contributed by atoms with E-state index in [1.54, 1.807) is 24.3 Å². The number of hydrogen-bond acceptors (Lipinski definition) is 2. The van der Waals surface area contributed by atoms with Gasteiger partial charge in [0.15, 0.2) is 0 Å². The van der Waals surface area contributed by atoms with Gasteiger partial charge in [0.2, 0.25) is 0 Å². The Morgan fingerprint density at radius 3 is 2.20 bits per heavy atom. The zero-order valence-electron chi connectivity index (χ0n) is 15.1. The number of benzene rings is 2. The molecule has 132 valence electrons. The first-order valence-corrected chi connectivity index (χ1v) is 8.78. The molecule has 0 aliphatic carbocycles. The largest absolute Gasteiger partial charge is 0.352 e. The molecule has 2 amide bonds. The normalized spacial score (nSPS) is 10.6. The summed E-state index contributed by atoms with van der Waals surface area (Å²) < 4.78 is 0. The molecule has 4 nitrogen and oxygen atoms in total. The third-order valence-electron chi connectivity index (χ3n) is 4.01. The molecule has 2 rings (SSSR count). The van der Waals surface area contributed by atoms with Crippen molar-refractivity contribution in [2.75, 3.05) is 11.9 Å². The Kier molecular flexibility index (Phi) is 6.75. The first kappa shape index (κ1) is 18.7. The molecule has 2 aromatic carbocycles. The molecule has 0 aliphatic heterocycles. The Morgan fingerprint density at radius 1 is 0.960 bits per heavy atom. The number of aryl methyl sites for hydroxylation is 1. The van der Waals surface area contributed by atoms with Crippen LogP contribution in [0.3, 0.4) is 0 Å². The summed E-state index contributed by atoms with van der Waals surface area (Å²) in [7, 11) is 0. The molecule has 0 bridgehead atoms. The van der Waals surface area contributed by atoms with Gasteiger partial charge in [0.25, 0.3) is 11.8 Å². The van der Waals surface area contributed by atoms with Crippen molar-refractivity contribution in [3.05, 3.63) is 65.2 Å². The van der Waals surface area contributed by atoms with Crippen LogP contribution in [-0.4, -0.2) is 18.4 Å². The minimum Gasteiger partial charge on any atom is -0.352 e. The number of carbonyl (C=O) groups excluding carboxylic acids is 2. The van der Waals surface area contributed by atoms with Crippen LogP contribution < -0.4 is 10.6 Å². The van der Waals surface area contributed by atoms with Crippen LogP contribution in [0.25, 0.3) is 0 Å². The zero-order chi connectivity index (χ0) is 18.2. The second kappa shape index (κ2) is 9.02. The van der Waals surface area contributed by atoms with Crippen LogP contribution in [0, 0.1) is 5.92 Å². The van der Waals surface area contributed by atoms with E-state index < -0.39 is 0 Å². The van der Waals surface area contributed by atoms with Crippen molar-refractivity contribution in [2.45, 2.75) is 33.6 Å². The minimum atomic E-state index is -0.221. The number of carbonyl (C=O) groups is 2. The van der Waals surface area contributed by atoms with Crippen molar-refractivity contribution in [2.24, 2.45) is 5.92 Å². The van der Waals surface area contributed by atoms with Crippen LogP contribution in [-0.2, 0) is 6.42 Å². The Bertz CT molecular complexity index is 721. The summed E-state index contributed by atoms with van der Waals surface area (Å²) in [5.41, 5.74) is 2.93. The van der Waals surface area contributed by atoms with Gasteiger partial charge in [-0.1, -0.05) is 39.0 Å². The number of amides is 2. The Hall–Kier alpha value is -2.62. The van der Waals surface area contributed by atoms with Crippen molar-refractivity contribution < 1.29 is 9.59 Å². The van der Waals surface area contributed by atoms with Crippen molar-refractivity contribution in [1.29, 1.82) is 0 Å². The molecule has 0 radical (unpaired) electrons. The quantitative estimate of drug-likeness (QED) is 0.792. The summed E-state index contributed by atoms with van der Waals surface area (Å²) in [6, 6.07) is 14.5. The van der Waals surface area contributed by atoms with Crippen LogP contribution in [0.2, 0.25) is 0 Å². The molecule has 4 heteroatoms. The standard InChI is InChI=1S/C21H26N2O2/c1-4-16-8-10-19(11-9-16)23-21(25)18-7-5-6-17(14-18)20(24)22-13-12-15(2)3/h5-11,14-15H,4,12-13H2,1-3H3,(H,22,24)(H,23,25). The number of anilines is 1. The van der Waals surface area contributed by atoms with Gasteiger partial charge in [-0.05, 0) is 54.7 Å². The van der Waals surface area contributed by atoms with Gasteiger partial charge >= 0.3 is 0 Å². The monoisotopic (exact) mass is 338 g/mol. The Labute approximate surface area is 149 Å². The third-order valence-corrected chi connectivity index (χ3v) is 4.01. The summed E-state index contributed by atoms with van der Waals surface area (Å²) in [5, 5.41) is 5.75. The molecule has 0 atom stereocenters. The number of rotatable bonds is 7. The lowest BCUT2D eigenvalue weighted by atomic mass is 10.1. The first-order valence-electron chi connectivity index (χ1n) is 8.78. The van der Waals surface area contributed by atoms with Crippen molar-refractivity contribution in [3.63, 3.8) is 0 Å². The SMILES string of the molecule is CCc1ccc(NC(=O)c2cccc(C(=O)NCCC(C)C)c2)cc1. The molecule has 0 aliphatic rings. The predicted molar refractivity (Wildman–Crippen MR) is 102 cm³/mol. The number of hydrogen-bond donors (Lipinski definition) is 2. The van der Waals surface area contributed by atoms with E-state index in [0.717, 1.165) is 18.5 Å². The van der Waals surface area contributed by atoms with E-state index in [0.29, 0.717) is 23.6 Å². The smallest absolute Gasteiger partial charge is 0.255 e. The molecular weight excluding hydrogens is 312 g/mol. The molecule has 2 N–H and O–H groups in total. The average Bonchev–Trinajstić information content (AvgIpc) is 2.62. The summed E-state index contributed by atoms with van der Waals surface area (Å²) in [5.74, 6) is 0.167. The first-order chi connectivity index (χ1) is 12.0. The highest BCUT2D eigenvalue weighted by atomic mass is 16.2. The molecule has 0 saturated carbocycles. The maximum atomic E-state index is 12.4. The van der Waals surface area contributed by atoms with Gasteiger partial charge in [-0.3, -0.25) is 9.59 Å². The molecule has 0 fully saturated rings. The molecule has 2 aromatic rings. The van der Waals surface area contributed by atoms with Crippen molar-refractivity contribution >= 4 is 17.5 Å². The van der Waals surface area contributed by atoms with Crippen molar-refractivity contribution in [3.8, 4) is 0 Å². The molecule has 0 unspecified atom stereocenters. The van der Waals surface area contributed by atoms with E-state index in [1.165, 1.54) is 5.56 Å². The highest BCUT2D eigenvalue weighted by molar-refractivity contribution is 6.06. The summed E-state index contributed by atoms with van der Waals surface area (Å²) >= 11 is 0. The van der Waals surface area contributed by atoms with E-state index in [9.17, 15) is 9.59 Å². The van der Waals surface area contributed by atoms with Gasteiger partial charge in [0, 0.05) is 23.4 Å². The fourth-order valence-electron chi connectivity index (χ4n) is 2.41. The Balaban J connectivity index is 2.01. The fourth-order valence-corrected chi connectivity index (χ4v) is 2.41. The Morgan fingerprint density at radius 2 is 1.60 bits per heavy atom. The molecule has 25 heavy (non-hydrogen) atoms. The van der Waals surface area contributed by atoms with Gasteiger partial charge in [-0.2, -0.15) is 0 Å².